The Bertz CT molecular complexity index is 1420. The molecule has 0 bridgehead atoms. The van der Waals surface area contributed by atoms with Crippen LogP contribution in [-0.2, 0) is 28.6 Å². The number of esters is 1. The maximum atomic E-state index is 14.3. The first-order valence-electron chi connectivity index (χ1n) is 17.9. The topological polar surface area (TPSA) is 200 Å². The maximum absolute atomic E-state index is 14.3. The lowest BCUT2D eigenvalue weighted by Gasteiger charge is -2.61. The Morgan fingerprint density at radius 3 is 2.35 bits per heavy atom. The molecule has 6 N–H and O–H groups in total. The zero-order valence-corrected chi connectivity index (χ0v) is 30.0. The summed E-state index contributed by atoms with van der Waals surface area (Å²) in [7, 11) is 0. The zero-order valence-electron chi connectivity index (χ0n) is 30.0. The average Bonchev–Trinajstić information content (AvgIpc) is 3.62. The third-order valence-electron chi connectivity index (χ3n) is 14.5. The molecule has 15 atom stereocenters. The van der Waals surface area contributed by atoms with Crippen molar-refractivity contribution in [1.29, 1.82) is 0 Å². The number of hydrogen-bond acceptors (Lipinski definition) is 12. The highest BCUT2D eigenvalue weighted by Crippen LogP contribution is 2.88. The van der Waals surface area contributed by atoms with Gasteiger partial charge in [-0.2, -0.15) is 0 Å². The maximum Gasteiger partial charge on any atom is 0.302 e. The molecule has 2 spiro atoms. The number of ketones is 2. The van der Waals surface area contributed by atoms with Crippen molar-refractivity contribution < 1.29 is 59.2 Å². The Morgan fingerprint density at radius 2 is 1.73 bits per heavy atom. The average molecular weight is 693 g/mol. The number of rotatable bonds is 8. The number of Topliss-reactive ketones (excluding diaryl/α,β-unsaturated/α-hetero) is 2. The molecule has 12 heteroatoms. The van der Waals surface area contributed by atoms with E-state index >= 15 is 0 Å². The molecule has 0 aromatic rings. The summed E-state index contributed by atoms with van der Waals surface area (Å²) in [6, 6.07) is 0. The SMILES string of the molecule is CC(=O)O[C@@H]1C[C@@]23C[C@@]24CC[C@H](O[C@@H]2OC[C@H](O)[C@H](O)[C@H]2O)C(C)(C)[C@H]4CC=C3[C@]2(C)[C@@H](O)C(=O)[C@H]([C@H](C)CC(=O)[C@H](O)C(C)(C)O)[C@@]12C. The molecule has 49 heavy (non-hydrogen) atoms. The highest BCUT2D eigenvalue weighted by atomic mass is 16.7. The van der Waals surface area contributed by atoms with Crippen LogP contribution < -0.4 is 0 Å². The molecular weight excluding hydrogens is 636 g/mol. The van der Waals surface area contributed by atoms with Crippen molar-refractivity contribution in [3.8, 4) is 0 Å². The Hall–Kier alpha value is -1.77. The van der Waals surface area contributed by atoms with Gasteiger partial charge in [-0.15, -0.1) is 0 Å². The summed E-state index contributed by atoms with van der Waals surface area (Å²) < 4.78 is 18.1. The number of carbonyl (C=O) groups excluding carboxylic acids is 3. The van der Waals surface area contributed by atoms with Crippen molar-refractivity contribution in [3.05, 3.63) is 11.6 Å². The molecule has 5 fully saturated rings. The molecule has 5 aliphatic carbocycles. The third kappa shape index (κ3) is 4.95. The Balaban J connectivity index is 1.35. The number of allylic oxidation sites excluding steroid dienone is 1. The molecule has 4 saturated carbocycles. The zero-order chi connectivity index (χ0) is 36.4. The number of aliphatic hydroxyl groups is 6. The van der Waals surface area contributed by atoms with Gasteiger partial charge in [0.25, 0.3) is 0 Å². The van der Waals surface area contributed by atoms with Crippen LogP contribution in [-0.4, -0.2) is 109 Å². The summed E-state index contributed by atoms with van der Waals surface area (Å²) >= 11 is 0. The van der Waals surface area contributed by atoms with Crippen LogP contribution in [0, 0.1) is 44.8 Å². The molecule has 6 rings (SSSR count). The van der Waals surface area contributed by atoms with Crippen molar-refractivity contribution in [2.45, 2.75) is 149 Å². The van der Waals surface area contributed by atoms with E-state index in [1.807, 2.05) is 13.8 Å². The molecule has 6 aliphatic rings. The van der Waals surface area contributed by atoms with E-state index in [1.165, 1.54) is 20.8 Å². The van der Waals surface area contributed by atoms with Gasteiger partial charge in [0.05, 0.1) is 18.3 Å². The molecule has 0 radical (unpaired) electrons. The van der Waals surface area contributed by atoms with Crippen LogP contribution in [0.15, 0.2) is 11.6 Å². The highest BCUT2D eigenvalue weighted by molar-refractivity contribution is 5.93. The lowest BCUT2D eigenvalue weighted by molar-refractivity contribution is -0.301. The normalized spacial score (nSPS) is 48.2. The first-order valence-corrected chi connectivity index (χ1v) is 17.9. The van der Waals surface area contributed by atoms with E-state index < -0.39 is 99.5 Å². The van der Waals surface area contributed by atoms with Crippen LogP contribution in [0.25, 0.3) is 0 Å². The summed E-state index contributed by atoms with van der Waals surface area (Å²) in [5, 5.41) is 63.6. The minimum Gasteiger partial charge on any atom is -0.462 e. The van der Waals surface area contributed by atoms with Crippen molar-refractivity contribution >= 4 is 17.5 Å². The molecule has 0 amide bonds. The molecular formula is C37H56O12. The Morgan fingerprint density at radius 1 is 1.08 bits per heavy atom. The van der Waals surface area contributed by atoms with Gasteiger partial charge in [-0.1, -0.05) is 46.3 Å². The summed E-state index contributed by atoms with van der Waals surface area (Å²) in [4.78, 5) is 40.1. The fourth-order valence-electron chi connectivity index (χ4n) is 11.9. The van der Waals surface area contributed by atoms with Gasteiger partial charge in [-0.05, 0) is 68.6 Å². The highest BCUT2D eigenvalue weighted by Gasteiger charge is 2.85. The number of hydrogen-bond donors (Lipinski definition) is 6. The minimum absolute atomic E-state index is 0.106. The molecule has 0 unspecified atom stereocenters. The minimum atomic E-state index is -1.67. The second-order valence-electron chi connectivity index (χ2n) is 17.8. The smallest absolute Gasteiger partial charge is 0.302 e. The number of carbonyl (C=O) groups is 3. The first-order chi connectivity index (χ1) is 22.5. The molecule has 276 valence electrons. The van der Waals surface area contributed by atoms with Crippen LogP contribution >= 0.6 is 0 Å². The van der Waals surface area contributed by atoms with Crippen LogP contribution in [0.4, 0.5) is 0 Å². The van der Waals surface area contributed by atoms with Gasteiger partial charge < -0.3 is 44.8 Å². The van der Waals surface area contributed by atoms with Gasteiger partial charge in [-0.3, -0.25) is 14.4 Å². The standard InChI is InChI=1S/C37H56O12/c1-17(13-19(39)29(44)33(5,6)46)25-27(42)30(45)34(7)22-10-9-21-32(3,4)23(49-31-28(43)26(41)20(40)15-47-31)11-12-36(21)16-37(22,36)14-24(35(25,34)8)48-18(2)38/h10,17,20-21,23-26,28-31,40-41,43-46H,9,11-16H2,1-8H3/t17-,20+,21-,23+,24-,25+,26+,28-,29+,30+,31+,34-,35-,36-,37+/m1/s1. The molecule has 1 saturated heterocycles. The Kier molecular flexibility index (Phi) is 8.77. The van der Waals surface area contributed by atoms with Gasteiger partial charge in [0.1, 0.15) is 36.6 Å². The van der Waals surface area contributed by atoms with E-state index in [0.29, 0.717) is 19.3 Å². The van der Waals surface area contributed by atoms with E-state index in [9.17, 15) is 45.0 Å². The van der Waals surface area contributed by atoms with Gasteiger partial charge in [0.15, 0.2) is 17.9 Å². The number of ether oxygens (including phenoxy) is 3. The van der Waals surface area contributed by atoms with Crippen molar-refractivity contribution in [2.24, 2.45) is 44.8 Å². The van der Waals surface area contributed by atoms with Crippen LogP contribution in [0.1, 0.15) is 93.9 Å². The summed E-state index contributed by atoms with van der Waals surface area (Å²) in [6.45, 7) is 13.7. The second-order valence-corrected chi connectivity index (χ2v) is 17.8. The monoisotopic (exact) mass is 692 g/mol. The molecule has 1 heterocycles. The summed E-state index contributed by atoms with van der Waals surface area (Å²) in [5.74, 6) is -2.89. The van der Waals surface area contributed by atoms with Gasteiger partial charge in [0, 0.05) is 35.5 Å². The molecule has 12 nitrogen and oxygen atoms in total. The molecule has 0 aromatic heterocycles. The Labute approximate surface area is 288 Å². The third-order valence-corrected chi connectivity index (χ3v) is 14.5. The van der Waals surface area contributed by atoms with Crippen molar-refractivity contribution in [1.82, 2.24) is 0 Å². The van der Waals surface area contributed by atoms with Crippen LogP contribution in [0.2, 0.25) is 0 Å². The fraction of sp³-hybridized carbons (Fsp3) is 0.865. The predicted octanol–water partition coefficient (Wildman–Crippen LogP) is 1.59. The van der Waals surface area contributed by atoms with Gasteiger partial charge in [0.2, 0.25) is 0 Å². The summed E-state index contributed by atoms with van der Waals surface area (Å²) in [5.41, 5.74) is -3.92. The van der Waals surface area contributed by atoms with Crippen LogP contribution in [0.3, 0.4) is 0 Å². The molecule has 1 aliphatic heterocycles. The number of fused-ring (bicyclic) bond motifs is 2. The van der Waals surface area contributed by atoms with Gasteiger partial charge in [-0.25, -0.2) is 0 Å². The van der Waals surface area contributed by atoms with E-state index in [2.05, 4.69) is 19.9 Å². The van der Waals surface area contributed by atoms with Gasteiger partial charge >= 0.3 is 5.97 Å². The lowest BCUT2D eigenvalue weighted by Crippen LogP contribution is -2.61. The molecule has 0 aromatic carbocycles. The first kappa shape index (κ1) is 37.0. The van der Waals surface area contributed by atoms with E-state index in [0.717, 1.165) is 18.4 Å². The number of aliphatic hydroxyl groups excluding tert-OH is 5. The van der Waals surface area contributed by atoms with Crippen LogP contribution in [0.5, 0.6) is 0 Å². The quantitative estimate of drug-likeness (QED) is 0.159. The van der Waals surface area contributed by atoms with Crippen molar-refractivity contribution in [3.63, 3.8) is 0 Å². The lowest BCUT2D eigenvalue weighted by atomic mass is 9.44. The fourth-order valence-corrected chi connectivity index (χ4v) is 11.9. The largest absolute Gasteiger partial charge is 0.462 e. The van der Waals surface area contributed by atoms with Crippen molar-refractivity contribution in [2.75, 3.05) is 6.61 Å². The van der Waals surface area contributed by atoms with E-state index in [1.54, 1.807) is 6.92 Å². The van der Waals surface area contributed by atoms with E-state index in [-0.39, 0.29) is 30.5 Å². The predicted molar refractivity (Wildman–Crippen MR) is 173 cm³/mol. The summed E-state index contributed by atoms with van der Waals surface area (Å²) in [6.07, 6.45) is -3.92. The van der Waals surface area contributed by atoms with E-state index in [4.69, 9.17) is 14.2 Å². The second kappa shape index (κ2) is 11.6.